The molecule has 4 rings (SSSR count). The van der Waals surface area contributed by atoms with Gasteiger partial charge in [0.2, 0.25) is 5.95 Å². The Morgan fingerprint density at radius 1 is 0.880 bits per heavy atom. The molecule has 6 nitrogen and oxygen atoms in total. The maximum absolute atomic E-state index is 6.02. The van der Waals surface area contributed by atoms with Crippen LogP contribution in [0.1, 0.15) is 0 Å². The highest BCUT2D eigenvalue weighted by molar-refractivity contribution is 6.42. The number of rotatable bonds is 4. The van der Waals surface area contributed by atoms with E-state index in [4.69, 9.17) is 23.2 Å². The monoisotopic (exact) mass is 370 g/mol. The van der Waals surface area contributed by atoms with Crippen molar-refractivity contribution in [3.63, 3.8) is 0 Å². The highest BCUT2D eigenvalue weighted by Crippen LogP contribution is 2.26. The zero-order chi connectivity index (χ0) is 17.2. The van der Waals surface area contributed by atoms with Crippen LogP contribution in [0.4, 0.5) is 23.1 Å². The average molecular weight is 371 g/mol. The normalized spacial score (nSPS) is 10.8. The first-order chi connectivity index (χ1) is 12.2. The third-order valence-corrected chi connectivity index (χ3v) is 4.28. The molecule has 4 aromatic rings. The fourth-order valence-electron chi connectivity index (χ4n) is 2.36. The third-order valence-electron chi connectivity index (χ3n) is 3.54. The third kappa shape index (κ3) is 3.50. The van der Waals surface area contributed by atoms with E-state index in [9.17, 15) is 0 Å². The van der Waals surface area contributed by atoms with Gasteiger partial charge in [0.1, 0.15) is 5.82 Å². The smallest absolute Gasteiger partial charge is 0.229 e. The van der Waals surface area contributed by atoms with Crippen molar-refractivity contribution in [1.29, 1.82) is 0 Å². The van der Waals surface area contributed by atoms with E-state index in [1.54, 1.807) is 30.6 Å². The zero-order valence-corrected chi connectivity index (χ0v) is 14.3. The van der Waals surface area contributed by atoms with Gasteiger partial charge in [-0.15, -0.1) is 0 Å². The lowest BCUT2D eigenvalue weighted by atomic mass is 10.2. The fraction of sp³-hybridized carbons (Fsp3) is 0. The van der Waals surface area contributed by atoms with E-state index in [0.29, 0.717) is 21.8 Å². The summed E-state index contributed by atoms with van der Waals surface area (Å²) in [4.78, 5) is 8.67. The Kier molecular flexibility index (Phi) is 4.13. The lowest BCUT2D eigenvalue weighted by molar-refractivity contribution is 1.12. The molecule has 124 valence electrons. The number of aromatic nitrogens is 4. The van der Waals surface area contributed by atoms with Crippen molar-refractivity contribution in [2.24, 2.45) is 0 Å². The Labute approximate surface area is 153 Å². The predicted octanol–water partition coefficient (Wildman–Crippen LogP) is 5.15. The van der Waals surface area contributed by atoms with Gasteiger partial charge in [-0.1, -0.05) is 23.2 Å². The van der Waals surface area contributed by atoms with Crippen LogP contribution in [-0.2, 0) is 0 Å². The molecule has 3 N–H and O–H groups in total. The van der Waals surface area contributed by atoms with Gasteiger partial charge in [-0.3, -0.25) is 5.10 Å². The topological polar surface area (TPSA) is 78.5 Å². The second-order valence-electron chi connectivity index (χ2n) is 5.32. The van der Waals surface area contributed by atoms with E-state index < -0.39 is 0 Å². The Hall–Kier alpha value is -2.83. The van der Waals surface area contributed by atoms with Gasteiger partial charge in [0.25, 0.3) is 0 Å². The van der Waals surface area contributed by atoms with Gasteiger partial charge in [0, 0.05) is 23.0 Å². The number of H-pyrrole nitrogens is 1. The standard InChI is InChI=1S/C17H12Cl2N6/c18-13-3-1-12(8-14(13)19)23-17-20-6-5-16(24-17)22-11-2-4-15-10(7-11)9-21-25-15/h1-9H,(H,21,25)(H2,20,22,23,24). The van der Waals surface area contributed by atoms with Crippen molar-refractivity contribution in [3.8, 4) is 0 Å². The van der Waals surface area contributed by atoms with Crippen LogP contribution in [0, 0.1) is 0 Å². The lowest BCUT2D eigenvalue weighted by Gasteiger charge is -2.09. The maximum atomic E-state index is 6.02. The number of anilines is 4. The SMILES string of the molecule is Clc1ccc(Nc2nccc(Nc3ccc4[nH]ncc4c3)n2)cc1Cl. The molecule has 0 aliphatic rings. The molecule has 2 aromatic carbocycles. The van der Waals surface area contributed by atoms with Crippen molar-refractivity contribution < 1.29 is 0 Å². The Morgan fingerprint density at radius 3 is 2.60 bits per heavy atom. The fourth-order valence-corrected chi connectivity index (χ4v) is 2.66. The molecule has 0 radical (unpaired) electrons. The molecule has 25 heavy (non-hydrogen) atoms. The number of nitrogens with zero attached hydrogens (tertiary/aromatic N) is 3. The molecule has 0 aliphatic heterocycles. The Morgan fingerprint density at radius 2 is 1.72 bits per heavy atom. The molecule has 2 aromatic heterocycles. The zero-order valence-electron chi connectivity index (χ0n) is 12.8. The molecule has 0 amide bonds. The van der Waals surface area contributed by atoms with Gasteiger partial charge in [-0.2, -0.15) is 10.1 Å². The second-order valence-corrected chi connectivity index (χ2v) is 6.13. The molecule has 0 fully saturated rings. The summed E-state index contributed by atoms with van der Waals surface area (Å²) in [5.74, 6) is 1.12. The van der Waals surface area contributed by atoms with E-state index in [1.807, 2.05) is 24.3 Å². The van der Waals surface area contributed by atoms with Gasteiger partial charge in [-0.25, -0.2) is 4.98 Å². The summed E-state index contributed by atoms with van der Waals surface area (Å²) in [5.41, 5.74) is 2.65. The Balaban J connectivity index is 1.55. The molecule has 0 saturated carbocycles. The van der Waals surface area contributed by atoms with Crippen LogP contribution in [-0.4, -0.2) is 20.2 Å². The van der Waals surface area contributed by atoms with E-state index in [1.165, 1.54) is 0 Å². The second kappa shape index (κ2) is 6.58. The van der Waals surface area contributed by atoms with E-state index in [-0.39, 0.29) is 0 Å². The molecule has 8 heteroatoms. The number of fused-ring (bicyclic) bond motifs is 1. The quantitative estimate of drug-likeness (QED) is 0.463. The number of aromatic amines is 1. The van der Waals surface area contributed by atoms with Crippen molar-refractivity contribution in [3.05, 3.63) is 64.9 Å². The lowest BCUT2D eigenvalue weighted by Crippen LogP contribution is -2.00. The largest absolute Gasteiger partial charge is 0.340 e. The van der Waals surface area contributed by atoms with Crippen LogP contribution in [0.3, 0.4) is 0 Å². The van der Waals surface area contributed by atoms with Gasteiger partial charge >= 0.3 is 0 Å². The number of hydrogen-bond donors (Lipinski definition) is 3. The molecule has 0 unspecified atom stereocenters. The van der Waals surface area contributed by atoms with Crippen LogP contribution in [0.25, 0.3) is 10.9 Å². The summed E-state index contributed by atoms with van der Waals surface area (Å²) in [6.45, 7) is 0. The number of halogens is 2. The molecular weight excluding hydrogens is 359 g/mol. The van der Waals surface area contributed by atoms with E-state index in [0.717, 1.165) is 22.3 Å². The minimum atomic E-state index is 0.452. The van der Waals surface area contributed by atoms with Crippen LogP contribution in [0.5, 0.6) is 0 Å². The average Bonchev–Trinajstić information content (AvgIpc) is 3.06. The summed E-state index contributed by atoms with van der Waals surface area (Å²) < 4.78 is 0. The van der Waals surface area contributed by atoms with Crippen molar-refractivity contribution in [2.45, 2.75) is 0 Å². The predicted molar refractivity (Wildman–Crippen MR) is 101 cm³/mol. The molecule has 2 heterocycles. The maximum Gasteiger partial charge on any atom is 0.229 e. The molecule has 0 aliphatic carbocycles. The highest BCUT2D eigenvalue weighted by atomic mass is 35.5. The van der Waals surface area contributed by atoms with Gasteiger partial charge in [0.05, 0.1) is 21.8 Å². The number of hydrogen-bond acceptors (Lipinski definition) is 5. The van der Waals surface area contributed by atoms with Crippen LogP contribution in [0.15, 0.2) is 54.9 Å². The summed E-state index contributed by atoms with van der Waals surface area (Å²) in [5, 5.41) is 15.3. The Bertz CT molecular complexity index is 1050. The van der Waals surface area contributed by atoms with Crippen LogP contribution in [0.2, 0.25) is 10.0 Å². The van der Waals surface area contributed by atoms with E-state index in [2.05, 4.69) is 30.8 Å². The minimum Gasteiger partial charge on any atom is -0.340 e. The van der Waals surface area contributed by atoms with Crippen molar-refractivity contribution in [1.82, 2.24) is 20.2 Å². The van der Waals surface area contributed by atoms with Gasteiger partial charge in [0.15, 0.2) is 0 Å². The van der Waals surface area contributed by atoms with Gasteiger partial charge in [-0.05, 0) is 42.5 Å². The minimum absolute atomic E-state index is 0.452. The molecule has 0 spiro atoms. The van der Waals surface area contributed by atoms with Gasteiger partial charge < -0.3 is 10.6 Å². The molecular formula is C17H12Cl2N6. The molecule has 0 bridgehead atoms. The summed E-state index contributed by atoms with van der Waals surface area (Å²) in [7, 11) is 0. The first-order valence-electron chi connectivity index (χ1n) is 7.43. The van der Waals surface area contributed by atoms with Crippen molar-refractivity contribution >= 4 is 57.2 Å². The number of nitrogens with one attached hydrogen (secondary N) is 3. The number of benzene rings is 2. The van der Waals surface area contributed by atoms with E-state index >= 15 is 0 Å². The summed E-state index contributed by atoms with van der Waals surface area (Å²) in [6, 6.07) is 12.9. The van der Waals surface area contributed by atoms with Crippen LogP contribution < -0.4 is 10.6 Å². The highest BCUT2D eigenvalue weighted by Gasteiger charge is 2.04. The van der Waals surface area contributed by atoms with Crippen LogP contribution >= 0.6 is 23.2 Å². The molecule has 0 saturated heterocycles. The summed E-state index contributed by atoms with van der Waals surface area (Å²) >= 11 is 11.9. The molecule has 0 atom stereocenters. The first-order valence-corrected chi connectivity index (χ1v) is 8.18. The first kappa shape index (κ1) is 15.7. The van der Waals surface area contributed by atoms with Crippen molar-refractivity contribution in [2.75, 3.05) is 10.6 Å². The summed E-state index contributed by atoms with van der Waals surface area (Å²) in [6.07, 6.45) is 3.45.